The van der Waals surface area contributed by atoms with Gasteiger partial charge in [0.05, 0.1) is 11.3 Å². The Morgan fingerprint density at radius 2 is 1.75 bits per heavy atom. The maximum absolute atomic E-state index is 2.62. The van der Waals surface area contributed by atoms with Crippen LogP contribution in [0, 0.1) is 5.41 Å². The summed E-state index contributed by atoms with van der Waals surface area (Å²) in [7, 11) is 0. The van der Waals surface area contributed by atoms with Gasteiger partial charge in [-0.15, -0.1) is 0 Å². The van der Waals surface area contributed by atoms with Crippen LogP contribution < -0.4 is 4.57 Å². The van der Waals surface area contributed by atoms with Gasteiger partial charge in [-0.1, -0.05) is 59.8 Å². The molecule has 0 bridgehead atoms. The fourth-order valence-electron chi connectivity index (χ4n) is 6.65. The van der Waals surface area contributed by atoms with Crippen LogP contribution in [0.2, 0.25) is 0 Å². The summed E-state index contributed by atoms with van der Waals surface area (Å²) in [6.07, 6.45) is 8.27. The van der Waals surface area contributed by atoms with Crippen LogP contribution in [0.15, 0.2) is 48.7 Å². The zero-order chi connectivity index (χ0) is 19.6. The molecule has 0 N–H and O–H groups in total. The monoisotopic (exact) mass is 368 g/mol. The molecule has 2 unspecified atom stereocenters. The molecule has 6 rings (SSSR count). The van der Waals surface area contributed by atoms with Crippen LogP contribution in [-0.2, 0) is 10.8 Å². The molecule has 0 spiro atoms. The van der Waals surface area contributed by atoms with Crippen LogP contribution in [0.4, 0.5) is 0 Å². The molecule has 1 nitrogen and oxygen atoms in total. The second-order valence-electron chi connectivity index (χ2n) is 10.9. The third kappa shape index (κ3) is 1.58. The Labute approximate surface area is 168 Å². The summed E-state index contributed by atoms with van der Waals surface area (Å²) < 4.78 is 2.55. The van der Waals surface area contributed by atoms with Gasteiger partial charge in [0.15, 0.2) is 12.2 Å². The zero-order valence-corrected chi connectivity index (χ0v) is 17.9. The molecule has 2 heterocycles. The van der Waals surface area contributed by atoms with Crippen molar-refractivity contribution in [1.82, 2.24) is 0 Å². The number of pyridine rings is 1. The molecule has 2 aromatic carbocycles. The van der Waals surface area contributed by atoms with E-state index >= 15 is 0 Å². The van der Waals surface area contributed by atoms with Gasteiger partial charge in [-0.3, -0.25) is 0 Å². The molecule has 142 valence electrons. The quantitative estimate of drug-likeness (QED) is 0.243. The van der Waals surface area contributed by atoms with Gasteiger partial charge in [0.25, 0.3) is 0 Å². The minimum absolute atomic E-state index is 0.127. The molecule has 0 saturated heterocycles. The lowest BCUT2D eigenvalue weighted by Gasteiger charge is -2.44. The molecule has 0 amide bonds. The van der Waals surface area contributed by atoms with Gasteiger partial charge >= 0.3 is 0 Å². The lowest BCUT2D eigenvalue weighted by atomic mass is 9.59. The molecule has 0 fully saturated rings. The Balaban J connectivity index is 1.87. The molecule has 1 heteroatoms. The predicted molar refractivity (Wildman–Crippen MR) is 117 cm³/mol. The number of fused-ring (bicyclic) bond motifs is 5. The number of nitrogens with zero attached hydrogens (tertiary/aromatic N) is 1. The average molecular weight is 369 g/mol. The molecule has 1 aliphatic heterocycles. The van der Waals surface area contributed by atoms with Crippen LogP contribution in [-0.4, -0.2) is 0 Å². The van der Waals surface area contributed by atoms with Crippen LogP contribution in [0.5, 0.6) is 0 Å². The van der Waals surface area contributed by atoms with E-state index < -0.39 is 0 Å². The van der Waals surface area contributed by atoms with Crippen LogP contribution in [0.1, 0.15) is 76.6 Å². The van der Waals surface area contributed by atoms with Crippen LogP contribution in [0.3, 0.4) is 0 Å². The molecule has 3 aromatic rings. The molecule has 2 aliphatic carbocycles. The smallest absolute Gasteiger partial charge is 0.191 e. The van der Waals surface area contributed by atoms with Crippen LogP contribution in [0.25, 0.3) is 21.7 Å². The van der Waals surface area contributed by atoms with Crippen molar-refractivity contribution < 1.29 is 4.57 Å². The first-order chi connectivity index (χ1) is 13.2. The Bertz CT molecular complexity index is 1220. The van der Waals surface area contributed by atoms with E-state index in [2.05, 4.69) is 94.8 Å². The maximum atomic E-state index is 2.62. The van der Waals surface area contributed by atoms with E-state index in [1.54, 1.807) is 16.7 Å². The van der Waals surface area contributed by atoms with Gasteiger partial charge in [0, 0.05) is 11.5 Å². The van der Waals surface area contributed by atoms with E-state index in [4.69, 9.17) is 0 Å². The Kier molecular flexibility index (Phi) is 2.81. The van der Waals surface area contributed by atoms with Crippen molar-refractivity contribution in [2.75, 3.05) is 0 Å². The summed E-state index contributed by atoms with van der Waals surface area (Å²) in [5.41, 5.74) is 6.66. The third-order valence-electron chi connectivity index (χ3n) is 9.40. The number of benzene rings is 2. The molecular weight excluding hydrogens is 338 g/mol. The number of rotatable bonds is 0. The van der Waals surface area contributed by atoms with Crippen molar-refractivity contribution in [3.8, 4) is 0 Å². The summed E-state index contributed by atoms with van der Waals surface area (Å²) in [5.74, 6) is 0.570. The maximum Gasteiger partial charge on any atom is 0.221 e. The third-order valence-corrected chi connectivity index (χ3v) is 9.40. The summed E-state index contributed by atoms with van der Waals surface area (Å²) in [6.45, 7) is 14.8. The summed E-state index contributed by atoms with van der Waals surface area (Å²) in [4.78, 5) is 0. The first-order valence-electron chi connectivity index (χ1n) is 10.8. The molecule has 1 aromatic heterocycles. The normalized spacial score (nSPS) is 27.5. The first-order valence-corrected chi connectivity index (χ1v) is 10.8. The molecule has 0 radical (unpaired) electrons. The molecule has 3 aliphatic rings. The van der Waals surface area contributed by atoms with Crippen molar-refractivity contribution in [3.63, 3.8) is 0 Å². The molecule has 2 atom stereocenters. The number of allylic oxidation sites excluding steroid dienone is 2. The van der Waals surface area contributed by atoms with Gasteiger partial charge in [0.1, 0.15) is 0 Å². The van der Waals surface area contributed by atoms with E-state index in [1.807, 2.05) is 0 Å². The van der Waals surface area contributed by atoms with Crippen molar-refractivity contribution in [3.05, 3.63) is 65.4 Å². The SMILES string of the molecule is CC1(C)c2cc3c4c(ccc5ccc[n+](c54)C4C=CCC34)c2C(C)(C)C1(C)C. The highest BCUT2D eigenvalue weighted by Crippen LogP contribution is 2.64. The summed E-state index contributed by atoms with van der Waals surface area (Å²) >= 11 is 0. The second-order valence-corrected chi connectivity index (χ2v) is 10.9. The Morgan fingerprint density at radius 1 is 0.964 bits per heavy atom. The number of hydrogen-bond donors (Lipinski definition) is 0. The van der Waals surface area contributed by atoms with Crippen molar-refractivity contribution in [2.24, 2.45) is 5.41 Å². The highest BCUT2D eigenvalue weighted by atomic mass is 15.0. The standard InChI is InChI=1S/C27H30N/c1-25(2)20-15-19-17-10-7-11-21(17)28-14-8-9-16-12-13-18(22(19)24(16)28)23(20)26(3,4)27(25,5)6/h7-9,11-15,17,21H,10H2,1-6H3/q+1. The van der Waals surface area contributed by atoms with E-state index in [-0.39, 0.29) is 16.2 Å². The van der Waals surface area contributed by atoms with Gasteiger partial charge in [-0.2, -0.15) is 4.57 Å². The largest absolute Gasteiger partial charge is 0.221 e. The van der Waals surface area contributed by atoms with Gasteiger partial charge < -0.3 is 0 Å². The minimum Gasteiger partial charge on any atom is -0.191 e. The van der Waals surface area contributed by atoms with E-state index in [9.17, 15) is 0 Å². The van der Waals surface area contributed by atoms with Gasteiger partial charge in [-0.05, 0) is 63.0 Å². The predicted octanol–water partition coefficient (Wildman–Crippen LogP) is 6.47. The lowest BCUT2D eigenvalue weighted by molar-refractivity contribution is -0.690. The number of hydrogen-bond acceptors (Lipinski definition) is 0. The van der Waals surface area contributed by atoms with E-state index in [1.165, 1.54) is 21.7 Å². The van der Waals surface area contributed by atoms with E-state index in [0.29, 0.717) is 12.0 Å². The van der Waals surface area contributed by atoms with Gasteiger partial charge in [-0.25, -0.2) is 0 Å². The zero-order valence-electron chi connectivity index (χ0n) is 17.9. The Morgan fingerprint density at radius 3 is 2.54 bits per heavy atom. The first kappa shape index (κ1) is 16.8. The van der Waals surface area contributed by atoms with Crippen molar-refractivity contribution >= 4 is 21.7 Å². The molecule has 28 heavy (non-hydrogen) atoms. The minimum atomic E-state index is 0.127. The Hall–Kier alpha value is -2.15. The lowest BCUT2D eigenvalue weighted by Crippen LogP contribution is -2.43. The summed E-state index contributed by atoms with van der Waals surface area (Å²) in [6, 6.07) is 12.4. The molecular formula is C27H30N+. The second kappa shape index (κ2) is 4.70. The summed E-state index contributed by atoms with van der Waals surface area (Å²) in [5, 5.41) is 4.38. The molecule has 0 saturated carbocycles. The van der Waals surface area contributed by atoms with Crippen molar-refractivity contribution in [1.29, 1.82) is 0 Å². The fourth-order valence-corrected chi connectivity index (χ4v) is 6.65. The fraction of sp³-hybridized carbons (Fsp3) is 0.444. The topological polar surface area (TPSA) is 3.88 Å². The highest BCUT2D eigenvalue weighted by Gasteiger charge is 2.58. The average Bonchev–Trinajstić information content (AvgIpc) is 3.18. The van der Waals surface area contributed by atoms with Gasteiger partial charge in [0.2, 0.25) is 5.52 Å². The highest BCUT2D eigenvalue weighted by molar-refractivity contribution is 6.08. The van der Waals surface area contributed by atoms with E-state index in [0.717, 1.165) is 6.42 Å². The van der Waals surface area contributed by atoms with Crippen molar-refractivity contribution in [2.45, 2.75) is 70.8 Å². The number of aromatic nitrogens is 1. The van der Waals surface area contributed by atoms with Crippen LogP contribution >= 0.6 is 0 Å².